The summed E-state index contributed by atoms with van der Waals surface area (Å²) in [5, 5.41) is 6.44. The summed E-state index contributed by atoms with van der Waals surface area (Å²) in [6.07, 6.45) is 0. The van der Waals surface area contributed by atoms with E-state index >= 15 is 0 Å². The number of hydrogen-bond donors (Lipinski definition) is 1. The fraction of sp³-hybridized carbons (Fsp3) is 0.625. The highest BCUT2D eigenvalue weighted by atomic mass is 16.5. The maximum absolute atomic E-state index is 11.0. The van der Waals surface area contributed by atoms with Gasteiger partial charge in [0.2, 0.25) is 0 Å². The summed E-state index contributed by atoms with van der Waals surface area (Å²) in [5.41, 5.74) is -0.140. The van der Waals surface area contributed by atoms with Crippen LogP contribution in [0.4, 0.5) is 0 Å². The van der Waals surface area contributed by atoms with Crippen molar-refractivity contribution in [3.8, 4) is 0 Å². The van der Waals surface area contributed by atoms with Crippen LogP contribution in [0, 0.1) is 0 Å². The molecule has 0 aromatic carbocycles. The van der Waals surface area contributed by atoms with E-state index < -0.39 is 5.97 Å². The third-order valence-electron chi connectivity index (χ3n) is 1.56. The second-order valence-electron chi connectivity index (χ2n) is 3.75. The molecule has 5 heteroatoms. The normalized spacial score (nSPS) is 11.4. The van der Waals surface area contributed by atoms with Crippen LogP contribution in [0.15, 0.2) is 0 Å². The Labute approximate surface area is 76.5 Å². The number of nitrogens with zero attached hydrogens (tertiary/aromatic N) is 2. The van der Waals surface area contributed by atoms with Crippen molar-refractivity contribution in [1.82, 2.24) is 15.2 Å². The number of aromatic nitrogens is 3. The van der Waals surface area contributed by atoms with E-state index in [2.05, 4.69) is 19.9 Å². The first-order chi connectivity index (χ1) is 5.95. The zero-order valence-corrected chi connectivity index (χ0v) is 8.21. The van der Waals surface area contributed by atoms with Crippen molar-refractivity contribution in [2.24, 2.45) is 0 Å². The van der Waals surface area contributed by atoms with Crippen LogP contribution in [0.3, 0.4) is 0 Å². The number of carbonyl (C=O) groups is 1. The van der Waals surface area contributed by atoms with Crippen LogP contribution in [-0.2, 0) is 10.2 Å². The Hall–Kier alpha value is -1.39. The maximum Gasteiger partial charge on any atom is 0.377 e. The van der Waals surface area contributed by atoms with Gasteiger partial charge in [-0.2, -0.15) is 0 Å². The largest absolute Gasteiger partial charge is 0.463 e. The third-order valence-corrected chi connectivity index (χ3v) is 1.56. The molecule has 0 bridgehead atoms. The van der Waals surface area contributed by atoms with Crippen molar-refractivity contribution < 1.29 is 9.53 Å². The van der Waals surface area contributed by atoms with Crippen molar-refractivity contribution in [2.45, 2.75) is 26.2 Å². The SMILES string of the molecule is COC(=O)c1n[nH]c(C(C)(C)C)n1. The summed E-state index contributed by atoms with van der Waals surface area (Å²) in [7, 11) is 1.30. The Morgan fingerprint density at radius 3 is 2.46 bits per heavy atom. The van der Waals surface area contributed by atoms with Crippen LogP contribution in [0.1, 0.15) is 37.2 Å². The number of hydrogen-bond acceptors (Lipinski definition) is 4. The Balaban J connectivity index is 2.93. The fourth-order valence-electron chi connectivity index (χ4n) is 0.780. The highest BCUT2D eigenvalue weighted by Gasteiger charge is 2.21. The predicted molar refractivity (Wildman–Crippen MR) is 46.4 cm³/mol. The number of esters is 1. The predicted octanol–water partition coefficient (Wildman–Crippen LogP) is 0.889. The van der Waals surface area contributed by atoms with E-state index in [-0.39, 0.29) is 11.2 Å². The van der Waals surface area contributed by atoms with Gasteiger partial charge in [-0.15, -0.1) is 5.10 Å². The Morgan fingerprint density at radius 2 is 2.08 bits per heavy atom. The highest BCUT2D eigenvalue weighted by molar-refractivity contribution is 5.84. The molecule has 0 spiro atoms. The third kappa shape index (κ3) is 2.05. The average Bonchev–Trinajstić information content (AvgIpc) is 2.50. The molecule has 0 aliphatic carbocycles. The standard InChI is InChI=1S/C8H13N3O2/c1-8(2,3)7-9-5(10-11-7)6(12)13-4/h1-4H3,(H,9,10,11). The van der Waals surface area contributed by atoms with Gasteiger partial charge in [-0.3, -0.25) is 5.10 Å². The summed E-state index contributed by atoms with van der Waals surface area (Å²) < 4.78 is 4.48. The van der Waals surface area contributed by atoms with Gasteiger partial charge < -0.3 is 4.74 Å². The van der Waals surface area contributed by atoms with Crippen LogP contribution < -0.4 is 0 Å². The van der Waals surface area contributed by atoms with Crippen molar-refractivity contribution in [3.05, 3.63) is 11.6 Å². The van der Waals surface area contributed by atoms with E-state index in [4.69, 9.17) is 0 Å². The molecule has 1 aromatic heterocycles. The zero-order chi connectivity index (χ0) is 10.1. The number of H-pyrrole nitrogens is 1. The second-order valence-corrected chi connectivity index (χ2v) is 3.75. The van der Waals surface area contributed by atoms with E-state index in [9.17, 15) is 4.79 Å². The van der Waals surface area contributed by atoms with Crippen LogP contribution in [0.5, 0.6) is 0 Å². The van der Waals surface area contributed by atoms with Gasteiger partial charge in [0.1, 0.15) is 5.82 Å². The Morgan fingerprint density at radius 1 is 1.46 bits per heavy atom. The van der Waals surface area contributed by atoms with E-state index in [1.54, 1.807) is 0 Å². The van der Waals surface area contributed by atoms with Gasteiger partial charge >= 0.3 is 5.97 Å². The lowest BCUT2D eigenvalue weighted by molar-refractivity contribution is 0.0587. The van der Waals surface area contributed by atoms with Crippen molar-refractivity contribution >= 4 is 5.97 Å². The summed E-state index contributed by atoms with van der Waals surface area (Å²) in [6, 6.07) is 0. The highest BCUT2D eigenvalue weighted by Crippen LogP contribution is 2.17. The quantitative estimate of drug-likeness (QED) is 0.656. The molecule has 1 rings (SSSR count). The van der Waals surface area contributed by atoms with Crippen molar-refractivity contribution in [1.29, 1.82) is 0 Å². The molecule has 5 nitrogen and oxygen atoms in total. The summed E-state index contributed by atoms with van der Waals surface area (Å²) in [4.78, 5) is 15.0. The minimum Gasteiger partial charge on any atom is -0.463 e. The molecule has 72 valence electrons. The average molecular weight is 183 g/mol. The molecule has 0 amide bonds. The van der Waals surface area contributed by atoms with Crippen LogP contribution in [-0.4, -0.2) is 28.3 Å². The van der Waals surface area contributed by atoms with E-state index in [1.165, 1.54) is 7.11 Å². The molecular weight excluding hydrogens is 170 g/mol. The minimum atomic E-state index is -0.522. The zero-order valence-electron chi connectivity index (χ0n) is 8.21. The molecule has 0 fully saturated rings. The molecule has 0 aliphatic heterocycles. The molecule has 13 heavy (non-hydrogen) atoms. The number of ether oxygens (including phenoxy) is 1. The molecule has 0 atom stereocenters. The molecule has 0 aliphatic rings. The Bertz CT molecular complexity index is 311. The van der Waals surface area contributed by atoms with E-state index in [0.717, 1.165) is 0 Å². The van der Waals surface area contributed by atoms with Gasteiger partial charge in [0.15, 0.2) is 0 Å². The molecule has 0 saturated heterocycles. The van der Waals surface area contributed by atoms with E-state index in [0.29, 0.717) is 5.82 Å². The molecule has 1 N–H and O–H groups in total. The van der Waals surface area contributed by atoms with Gasteiger partial charge in [0, 0.05) is 5.41 Å². The molecule has 1 aromatic rings. The van der Waals surface area contributed by atoms with Gasteiger partial charge in [0.05, 0.1) is 7.11 Å². The lowest BCUT2D eigenvalue weighted by Gasteiger charge is -2.12. The molecular formula is C8H13N3O2. The smallest absolute Gasteiger partial charge is 0.377 e. The first-order valence-electron chi connectivity index (χ1n) is 3.96. The van der Waals surface area contributed by atoms with Gasteiger partial charge in [0.25, 0.3) is 5.82 Å². The van der Waals surface area contributed by atoms with Gasteiger partial charge in [-0.05, 0) is 0 Å². The number of carbonyl (C=O) groups excluding carboxylic acids is 1. The van der Waals surface area contributed by atoms with Crippen LogP contribution in [0.25, 0.3) is 0 Å². The number of nitrogens with one attached hydrogen (secondary N) is 1. The van der Waals surface area contributed by atoms with Crippen LogP contribution in [0.2, 0.25) is 0 Å². The number of rotatable bonds is 1. The topological polar surface area (TPSA) is 67.9 Å². The lowest BCUT2D eigenvalue weighted by atomic mass is 9.96. The lowest BCUT2D eigenvalue weighted by Crippen LogP contribution is -2.13. The molecule has 0 radical (unpaired) electrons. The summed E-state index contributed by atoms with van der Waals surface area (Å²) in [5.74, 6) is 0.229. The van der Waals surface area contributed by atoms with Gasteiger partial charge in [-0.25, -0.2) is 9.78 Å². The molecule has 1 heterocycles. The fourth-order valence-corrected chi connectivity index (χ4v) is 0.780. The molecule has 0 saturated carbocycles. The van der Waals surface area contributed by atoms with Crippen molar-refractivity contribution in [2.75, 3.05) is 7.11 Å². The van der Waals surface area contributed by atoms with Gasteiger partial charge in [-0.1, -0.05) is 20.8 Å². The minimum absolute atomic E-state index is 0.0763. The summed E-state index contributed by atoms with van der Waals surface area (Å²) in [6.45, 7) is 5.94. The Kier molecular flexibility index (Phi) is 2.36. The molecule has 0 unspecified atom stereocenters. The maximum atomic E-state index is 11.0. The van der Waals surface area contributed by atoms with Crippen molar-refractivity contribution in [3.63, 3.8) is 0 Å². The first kappa shape index (κ1) is 9.70. The number of methoxy groups -OCH3 is 1. The van der Waals surface area contributed by atoms with Crippen LogP contribution >= 0.6 is 0 Å². The van der Waals surface area contributed by atoms with E-state index in [1.807, 2.05) is 20.8 Å². The first-order valence-corrected chi connectivity index (χ1v) is 3.96. The summed E-state index contributed by atoms with van der Waals surface area (Å²) >= 11 is 0. The monoisotopic (exact) mass is 183 g/mol. The second kappa shape index (κ2) is 3.16. The number of aromatic amines is 1.